The van der Waals surface area contributed by atoms with E-state index < -0.39 is 0 Å². The molecule has 4 heteroatoms. The van der Waals surface area contributed by atoms with Crippen molar-refractivity contribution in [2.45, 2.75) is 53.0 Å². The predicted octanol–water partition coefficient (Wildman–Crippen LogP) is 1.99. The second kappa shape index (κ2) is 5.17. The molecule has 1 heterocycles. The highest BCUT2D eigenvalue weighted by Gasteiger charge is 2.40. The zero-order valence-electron chi connectivity index (χ0n) is 11.7. The lowest BCUT2D eigenvalue weighted by molar-refractivity contribution is -0.136. The van der Waals surface area contributed by atoms with E-state index in [9.17, 15) is 4.79 Å². The van der Waals surface area contributed by atoms with Gasteiger partial charge in [0.05, 0.1) is 17.2 Å². The van der Waals surface area contributed by atoms with E-state index in [1.165, 1.54) is 0 Å². The molecule has 4 nitrogen and oxygen atoms in total. The Morgan fingerprint density at radius 3 is 2.41 bits per heavy atom. The third-order valence-electron chi connectivity index (χ3n) is 3.00. The first-order valence-corrected chi connectivity index (χ1v) is 6.41. The smallest absolute Gasteiger partial charge is 0.252 e. The van der Waals surface area contributed by atoms with Crippen LogP contribution in [0.5, 0.6) is 0 Å². The predicted molar refractivity (Wildman–Crippen MR) is 70.7 cm³/mol. The van der Waals surface area contributed by atoms with Gasteiger partial charge in [-0.15, -0.1) is 0 Å². The van der Waals surface area contributed by atoms with Gasteiger partial charge in [0.1, 0.15) is 0 Å². The van der Waals surface area contributed by atoms with E-state index in [4.69, 9.17) is 5.73 Å². The summed E-state index contributed by atoms with van der Waals surface area (Å²) in [6, 6.07) is 0. The Morgan fingerprint density at radius 1 is 1.41 bits per heavy atom. The summed E-state index contributed by atoms with van der Waals surface area (Å²) in [7, 11) is 0. The Kier molecular flexibility index (Phi) is 4.31. The lowest BCUT2D eigenvalue weighted by Gasteiger charge is -2.28. The van der Waals surface area contributed by atoms with Crippen LogP contribution in [0.25, 0.3) is 0 Å². The maximum Gasteiger partial charge on any atom is 0.252 e. The van der Waals surface area contributed by atoms with E-state index in [1.54, 1.807) is 5.01 Å². The molecule has 0 saturated heterocycles. The number of rotatable bonds is 4. The SMILES string of the molecule is CC(C)C1=NN(C(C)(C)C)C(=O)C1CCCN. The van der Waals surface area contributed by atoms with Crippen LogP contribution in [-0.2, 0) is 4.79 Å². The summed E-state index contributed by atoms with van der Waals surface area (Å²) in [5, 5.41) is 6.18. The summed E-state index contributed by atoms with van der Waals surface area (Å²) in [6.45, 7) is 10.8. The zero-order chi connectivity index (χ0) is 13.2. The Morgan fingerprint density at radius 2 is 2.00 bits per heavy atom. The Bertz CT molecular complexity index is 315. The Labute approximate surface area is 104 Å². The van der Waals surface area contributed by atoms with Crippen LogP contribution in [0.15, 0.2) is 5.10 Å². The monoisotopic (exact) mass is 239 g/mol. The second-order valence-corrected chi connectivity index (χ2v) is 5.98. The van der Waals surface area contributed by atoms with Crippen molar-refractivity contribution < 1.29 is 4.79 Å². The van der Waals surface area contributed by atoms with Gasteiger partial charge in [-0.1, -0.05) is 13.8 Å². The Balaban J connectivity index is 2.92. The van der Waals surface area contributed by atoms with Crippen LogP contribution in [0.1, 0.15) is 47.5 Å². The van der Waals surface area contributed by atoms with E-state index in [-0.39, 0.29) is 17.4 Å². The van der Waals surface area contributed by atoms with Gasteiger partial charge in [0.15, 0.2) is 0 Å². The molecule has 98 valence electrons. The molecule has 1 unspecified atom stereocenters. The lowest BCUT2D eigenvalue weighted by atomic mass is 9.90. The van der Waals surface area contributed by atoms with Gasteiger partial charge in [-0.3, -0.25) is 4.79 Å². The Hall–Kier alpha value is -0.900. The standard InChI is InChI=1S/C13H25N3O/c1-9(2)11-10(7-6-8-14)12(17)16(15-11)13(3,4)5/h9-10H,6-8,14H2,1-5H3. The highest BCUT2D eigenvalue weighted by molar-refractivity contribution is 6.08. The molecule has 1 aliphatic rings. The molecular weight excluding hydrogens is 214 g/mol. The molecule has 0 aliphatic carbocycles. The molecular formula is C13H25N3O. The summed E-state index contributed by atoms with van der Waals surface area (Å²) in [5.74, 6) is 0.390. The molecule has 0 radical (unpaired) electrons. The van der Waals surface area contributed by atoms with Crippen molar-refractivity contribution in [2.75, 3.05) is 6.54 Å². The molecule has 17 heavy (non-hydrogen) atoms. The summed E-state index contributed by atoms with van der Waals surface area (Å²) in [5.41, 5.74) is 6.30. The third kappa shape index (κ3) is 3.06. The summed E-state index contributed by atoms with van der Waals surface area (Å²) < 4.78 is 0. The molecule has 0 aromatic rings. The first-order chi connectivity index (χ1) is 7.79. The van der Waals surface area contributed by atoms with E-state index in [2.05, 4.69) is 18.9 Å². The number of amides is 1. The highest BCUT2D eigenvalue weighted by atomic mass is 16.2. The third-order valence-corrected chi connectivity index (χ3v) is 3.00. The van der Waals surface area contributed by atoms with Gasteiger partial charge in [-0.25, -0.2) is 5.01 Å². The number of carbonyl (C=O) groups is 1. The van der Waals surface area contributed by atoms with Gasteiger partial charge in [-0.2, -0.15) is 5.10 Å². The van der Waals surface area contributed by atoms with Crippen molar-refractivity contribution in [1.29, 1.82) is 0 Å². The number of carbonyl (C=O) groups excluding carboxylic acids is 1. The summed E-state index contributed by atoms with van der Waals surface area (Å²) in [6.07, 6.45) is 1.69. The van der Waals surface area contributed by atoms with Gasteiger partial charge in [0.25, 0.3) is 5.91 Å². The molecule has 1 atom stereocenters. The second-order valence-electron chi connectivity index (χ2n) is 5.98. The minimum atomic E-state index is -0.241. The minimum Gasteiger partial charge on any atom is -0.330 e. The normalized spacial score (nSPS) is 21.4. The van der Waals surface area contributed by atoms with Crippen molar-refractivity contribution in [2.24, 2.45) is 22.7 Å². The van der Waals surface area contributed by atoms with Crippen molar-refractivity contribution >= 4 is 11.6 Å². The average Bonchev–Trinajstić information content (AvgIpc) is 2.52. The number of nitrogens with two attached hydrogens (primary N) is 1. The van der Waals surface area contributed by atoms with Gasteiger partial charge in [0.2, 0.25) is 0 Å². The van der Waals surface area contributed by atoms with Crippen LogP contribution in [0.3, 0.4) is 0 Å². The molecule has 1 rings (SSSR count). The average molecular weight is 239 g/mol. The zero-order valence-corrected chi connectivity index (χ0v) is 11.7. The van der Waals surface area contributed by atoms with Crippen LogP contribution >= 0.6 is 0 Å². The fraction of sp³-hybridized carbons (Fsp3) is 0.846. The maximum absolute atomic E-state index is 12.3. The first kappa shape index (κ1) is 14.2. The van der Waals surface area contributed by atoms with Crippen LogP contribution < -0.4 is 5.73 Å². The first-order valence-electron chi connectivity index (χ1n) is 6.41. The number of hydrazone groups is 1. The molecule has 2 N–H and O–H groups in total. The molecule has 0 saturated carbocycles. The maximum atomic E-state index is 12.3. The fourth-order valence-electron chi connectivity index (χ4n) is 2.10. The van der Waals surface area contributed by atoms with E-state index in [1.807, 2.05) is 20.8 Å². The minimum absolute atomic E-state index is 0.0576. The topological polar surface area (TPSA) is 58.7 Å². The fourth-order valence-corrected chi connectivity index (χ4v) is 2.10. The summed E-state index contributed by atoms with van der Waals surface area (Å²) >= 11 is 0. The quantitative estimate of drug-likeness (QED) is 0.815. The van der Waals surface area contributed by atoms with Crippen molar-refractivity contribution in [3.63, 3.8) is 0 Å². The van der Waals surface area contributed by atoms with Gasteiger partial charge >= 0.3 is 0 Å². The van der Waals surface area contributed by atoms with Gasteiger partial charge in [0, 0.05) is 0 Å². The van der Waals surface area contributed by atoms with Crippen LogP contribution in [-0.4, -0.2) is 28.7 Å². The molecule has 0 bridgehead atoms. The molecule has 0 aromatic carbocycles. The van der Waals surface area contributed by atoms with E-state index in [0.29, 0.717) is 12.5 Å². The van der Waals surface area contributed by atoms with Crippen molar-refractivity contribution in [1.82, 2.24) is 5.01 Å². The largest absolute Gasteiger partial charge is 0.330 e. The molecule has 0 aromatic heterocycles. The van der Waals surface area contributed by atoms with Crippen LogP contribution in [0.2, 0.25) is 0 Å². The van der Waals surface area contributed by atoms with Gasteiger partial charge < -0.3 is 5.73 Å². The molecule has 1 amide bonds. The van der Waals surface area contributed by atoms with Crippen molar-refractivity contribution in [3.8, 4) is 0 Å². The van der Waals surface area contributed by atoms with E-state index in [0.717, 1.165) is 18.6 Å². The van der Waals surface area contributed by atoms with E-state index >= 15 is 0 Å². The van der Waals surface area contributed by atoms with Crippen LogP contribution in [0, 0.1) is 11.8 Å². The molecule has 0 spiro atoms. The lowest BCUT2D eigenvalue weighted by Crippen LogP contribution is -2.41. The number of hydrogen-bond donors (Lipinski definition) is 1. The molecule has 1 aliphatic heterocycles. The highest BCUT2D eigenvalue weighted by Crippen LogP contribution is 2.29. The number of nitrogens with zero attached hydrogens (tertiary/aromatic N) is 2. The van der Waals surface area contributed by atoms with Crippen LogP contribution in [0.4, 0.5) is 0 Å². The van der Waals surface area contributed by atoms with Gasteiger partial charge in [-0.05, 0) is 46.1 Å². The summed E-state index contributed by atoms with van der Waals surface area (Å²) in [4.78, 5) is 12.3. The number of hydrogen-bond acceptors (Lipinski definition) is 3. The molecule has 0 fully saturated rings. The van der Waals surface area contributed by atoms with Crippen molar-refractivity contribution in [3.05, 3.63) is 0 Å².